The van der Waals surface area contributed by atoms with Crippen molar-refractivity contribution in [3.05, 3.63) is 59.2 Å². The SMILES string of the molecule is COc1ccc(Nc2cnnc(Nc3cccc(Br)c3)n2)cc1. The molecule has 3 rings (SSSR count). The third kappa shape index (κ3) is 4.17. The number of halogens is 1. The Morgan fingerprint density at radius 2 is 1.83 bits per heavy atom. The molecule has 1 heterocycles. The van der Waals surface area contributed by atoms with Gasteiger partial charge in [0.25, 0.3) is 0 Å². The van der Waals surface area contributed by atoms with Crippen molar-refractivity contribution in [2.45, 2.75) is 0 Å². The van der Waals surface area contributed by atoms with Gasteiger partial charge in [-0.3, -0.25) is 0 Å². The number of methoxy groups -OCH3 is 1. The van der Waals surface area contributed by atoms with Crippen LogP contribution in [0.2, 0.25) is 0 Å². The summed E-state index contributed by atoms with van der Waals surface area (Å²) in [5.41, 5.74) is 1.77. The molecule has 0 radical (unpaired) electrons. The molecule has 0 saturated carbocycles. The van der Waals surface area contributed by atoms with Gasteiger partial charge in [0, 0.05) is 15.8 Å². The zero-order valence-corrected chi connectivity index (χ0v) is 13.9. The van der Waals surface area contributed by atoms with Crippen LogP contribution in [0.15, 0.2) is 59.2 Å². The Hall–Kier alpha value is -2.67. The Morgan fingerprint density at radius 1 is 1.00 bits per heavy atom. The Morgan fingerprint density at radius 3 is 2.57 bits per heavy atom. The Balaban J connectivity index is 1.74. The molecule has 0 fully saturated rings. The standard InChI is InChI=1S/C16H14BrN5O/c1-23-14-7-5-12(6-8-14)19-15-10-18-22-16(21-15)20-13-4-2-3-11(17)9-13/h2-10H,1H3,(H2,19,20,21,22). The Bertz CT molecular complexity index is 794. The first kappa shape index (κ1) is 15.2. The van der Waals surface area contributed by atoms with E-state index in [-0.39, 0.29) is 0 Å². The molecule has 0 unspecified atom stereocenters. The lowest BCUT2D eigenvalue weighted by molar-refractivity contribution is 0.415. The average molecular weight is 372 g/mol. The summed E-state index contributed by atoms with van der Waals surface area (Å²) >= 11 is 3.43. The number of hydrogen-bond acceptors (Lipinski definition) is 6. The monoisotopic (exact) mass is 371 g/mol. The van der Waals surface area contributed by atoms with E-state index in [0.717, 1.165) is 21.6 Å². The topological polar surface area (TPSA) is 72.0 Å². The highest BCUT2D eigenvalue weighted by Crippen LogP contribution is 2.21. The first-order valence-corrected chi connectivity index (χ1v) is 7.65. The van der Waals surface area contributed by atoms with E-state index < -0.39 is 0 Å². The summed E-state index contributed by atoms with van der Waals surface area (Å²) in [6.45, 7) is 0. The van der Waals surface area contributed by atoms with Crippen LogP contribution in [0.5, 0.6) is 5.75 Å². The predicted octanol–water partition coefficient (Wildman–Crippen LogP) is 4.13. The van der Waals surface area contributed by atoms with E-state index in [4.69, 9.17) is 4.74 Å². The molecule has 116 valence electrons. The number of nitrogens with zero attached hydrogens (tertiary/aromatic N) is 3. The van der Waals surface area contributed by atoms with Gasteiger partial charge in [0.1, 0.15) is 5.75 Å². The van der Waals surface area contributed by atoms with Gasteiger partial charge >= 0.3 is 0 Å². The van der Waals surface area contributed by atoms with E-state index in [1.165, 1.54) is 0 Å². The lowest BCUT2D eigenvalue weighted by atomic mass is 10.3. The third-order valence-corrected chi connectivity index (χ3v) is 3.50. The van der Waals surface area contributed by atoms with Crippen molar-refractivity contribution in [2.75, 3.05) is 17.7 Å². The normalized spacial score (nSPS) is 10.2. The van der Waals surface area contributed by atoms with Gasteiger partial charge in [0.15, 0.2) is 5.82 Å². The molecule has 7 heteroatoms. The summed E-state index contributed by atoms with van der Waals surface area (Å²) in [4.78, 5) is 4.39. The molecule has 0 aliphatic heterocycles. The van der Waals surface area contributed by atoms with Crippen LogP contribution in [0.25, 0.3) is 0 Å². The highest BCUT2D eigenvalue weighted by Gasteiger charge is 2.03. The van der Waals surface area contributed by atoms with E-state index in [1.807, 2.05) is 48.5 Å². The number of hydrogen-bond donors (Lipinski definition) is 2. The summed E-state index contributed by atoms with van der Waals surface area (Å²) in [7, 11) is 1.64. The second kappa shape index (κ2) is 7.06. The molecule has 1 aromatic heterocycles. The zero-order chi connectivity index (χ0) is 16.1. The maximum Gasteiger partial charge on any atom is 0.249 e. The quantitative estimate of drug-likeness (QED) is 0.702. The van der Waals surface area contributed by atoms with Crippen LogP contribution in [0, 0.1) is 0 Å². The largest absolute Gasteiger partial charge is 0.497 e. The number of benzene rings is 2. The van der Waals surface area contributed by atoms with Crippen molar-refractivity contribution in [3.63, 3.8) is 0 Å². The molecule has 3 aromatic rings. The molecule has 23 heavy (non-hydrogen) atoms. The van der Waals surface area contributed by atoms with E-state index in [1.54, 1.807) is 13.3 Å². The maximum absolute atomic E-state index is 5.13. The fourth-order valence-corrected chi connectivity index (χ4v) is 2.33. The fraction of sp³-hybridized carbons (Fsp3) is 0.0625. The number of anilines is 4. The van der Waals surface area contributed by atoms with Gasteiger partial charge < -0.3 is 15.4 Å². The maximum atomic E-state index is 5.13. The Labute approximate surface area is 142 Å². The molecule has 2 aromatic carbocycles. The molecule has 6 nitrogen and oxygen atoms in total. The Kier molecular flexibility index (Phi) is 4.68. The molecule has 2 N–H and O–H groups in total. The van der Waals surface area contributed by atoms with Crippen LogP contribution in [-0.2, 0) is 0 Å². The first-order valence-electron chi connectivity index (χ1n) is 6.86. The predicted molar refractivity (Wildman–Crippen MR) is 93.5 cm³/mol. The smallest absolute Gasteiger partial charge is 0.249 e. The minimum Gasteiger partial charge on any atom is -0.497 e. The third-order valence-electron chi connectivity index (χ3n) is 3.00. The van der Waals surface area contributed by atoms with Gasteiger partial charge in [0.2, 0.25) is 5.95 Å². The second-order valence-electron chi connectivity index (χ2n) is 4.65. The van der Waals surface area contributed by atoms with Crippen molar-refractivity contribution in [1.82, 2.24) is 15.2 Å². The molecule has 0 atom stereocenters. The van der Waals surface area contributed by atoms with Crippen LogP contribution < -0.4 is 15.4 Å². The van der Waals surface area contributed by atoms with E-state index >= 15 is 0 Å². The average Bonchev–Trinajstić information content (AvgIpc) is 2.56. The van der Waals surface area contributed by atoms with E-state index in [0.29, 0.717) is 11.8 Å². The molecule has 0 saturated heterocycles. The molecular weight excluding hydrogens is 358 g/mol. The lowest BCUT2D eigenvalue weighted by Gasteiger charge is -2.08. The molecule has 0 aliphatic carbocycles. The van der Waals surface area contributed by atoms with Crippen LogP contribution in [0.4, 0.5) is 23.1 Å². The van der Waals surface area contributed by atoms with Crippen LogP contribution >= 0.6 is 15.9 Å². The van der Waals surface area contributed by atoms with Gasteiger partial charge in [-0.2, -0.15) is 10.1 Å². The lowest BCUT2D eigenvalue weighted by Crippen LogP contribution is -2.02. The van der Waals surface area contributed by atoms with Crippen molar-refractivity contribution < 1.29 is 4.74 Å². The number of rotatable bonds is 5. The van der Waals surface area contributed by atoms with Crippen LogP contribution in [-0.4, -0.2) is 22.3 Å². The molecule has 0 bridgehead atoms. The summed E-state index contributed by atoms with van der Waals surface area (Å²) in [6, 6.07) is 15.3. The van der Waals surface area contributed by atoms with E-state index in [2.05, 4.69) is 41.7 Å². The summed E-state index contributed by atoms with van der Waals surface area (Å²) < 4.78 is 6.11. The minimum absolute atomic E-state index is 0.418. The summed E-state index contributed by atoms with van der Waals surface area (Å²) in [5.74, 6) is 1.82. The molecule has 0 amide bonds. The molecular formula is C16H14BrN5O. The van der Waals surface area contributed by atoms with Gasteiger partial charge in [-0.25, -0.2) is 0 Å². The van der Waals surface area contributed by atoms with E-state index in [9.17, 15) is 0 Å². The van der Waals surface area contributed by atoms with Crippen molar-refractivity contribution in [2.24, 2.45) is 0 Å². The number of ether oxygens (including phenoxy) is 1. The number of nitrogens with one attached hydrogen (secondary N) is 2. The highest BCUT2D eigenvalue weighted by molar-refractivity contribution is 9.10. The van der Waals surface area contributed by atoms with Crippen molar-refractivity contribution in [3.8, 4) is 5.75 Å². The van der Waals surface area contributed by atoms with Gasteiger partial charge in [0.05, 0.1) is 13.3 Å². The van der Waals surface area contributed by atoms with Crippen molar-refractivity contribution >= 4 is 39.1 Å². The van der Waals surface area contributed by atoms with Gasteiger partial charge in [-0.05, 0) is 42.5 Å². The summed E-state index contributed by atoms with van der Waals surface area (Å²) in [6.07, 6.45) is 1.57. The zero-order valence-electron chi connectivity index (χ0n) is 12.3. The minimum atomic E-state index is 0.418. The fourth-order valence-electron chi connectivity index (χ4n) is 1.93. The van der Waals surface area contributed by atoms with Crippen LogP contribution in [0.3, 0.4) is 0 Å². The highest BCUT2D eigenvalue weighted by atomic mass is 79.9. The molecule has 0 aliphatic rings. The van der Waals surface area contributed by atoms with Gasteiger partial charge in [-0.15, -0.1) is 5.10 Å². The summed E-state index contributed by atoms with van der Waals surface area (Å²) in [5, 5.41) is 14.2. The molecule has 0 spiro atoms. The van der Waals surface area contributed by atoms with Crippen molar-refractivity contribution in [1.29, 1.82) is 0 Å². The second-order valence-corrected chi connectivity index (χ2v) is 5.57. The van der Waals surface area contributed by atoms with Gasteiger partial charge in [-0.1, -0.05) is 22.0 Å². The first-order chi connectivity index (χ1) is 11.2. The number of aromatic nitrogens is 3. The van der Waals surface area contributed by atoms with Crippen LogP contribution in [0.1, 0.15) is 0 Å².